The first kappa shape index (κ1) is 15.0. The van der Waals surface area contributed by atoms with E-state index in [0.29, 0.717) is 12.5 Å². The van der Waals surface area contributed by atoms with E-state index >= 15 is 0 Å². The smallest absolute Gasteiger partial charge is 0.239 e. The lowest BCUT2D eigenvalue weighted by Gasteiger charge is -2.34. The number of carbonyl (C=O) groups is 1. The van der Waals surface area contributed by atoms with Crippen LogP contribution in [0.1, 0.15) is 33.2 Å². The van der Waals surface area contributed by atoms with Crippen molar-refractivity contribution in [3.63, 3.8) is 0 Å². The van der Waals surface area contributed by atoms with Gasteiger partial charge in [0.25, 0.3) is 0 Å². The molecule has 1 aromatic heterocycles. The molecule has 0 saturated carbocycles. The lowest BCUT2D eigenvalue weighted by Crippen LogP contribution is -2.48. The summed E-state index contributed by atoms with van der Waals surface area (Å²) in [5.41, 5.74) is 6.00. The number of nitrogens with one attached hydrogen (secondary N) is 1. The van der Waals surface area contributed by atoms with E-state index in [1.165, 1.54) is 0 Å². The molecule has 20 heavy (non-hydrogen) atoms. The van der Waals surface area contributed by atoms with E-state index < -0.39 is 0 Å². The fourth-order valence-electron chi connectivity index (χ4n) is 2.85. The van der Waals surface area contributed by atoms with Crippen molar-refractivity contribution in [1.82, 2.24) is 14.7 Å². The van der Waals surface area contributed by atoms with E-state index in [-0.39, 0.29) is 18.0 Å². The normalized spacial score (nSPS) is 24.1. The lowest BCUT2D eigenvalue weighted by molar-refractivity contribution is -0.117. The molecule has 2 unspecified atom stereocenters. The number of piperidine rings is 1. The number of nitrogens with zero attached hydrogens (tertiary/aromatic N) is 3. The minimum Gasteiger partial charge on any atom is -0.327 e. The monoisotopic (exact) mass is 279 g/mol. The van der Waals surface area contributed by atoms with Gasteiger partial charge in [0.05, 0.1) is 12.7 Å². The van der Waals surface area contributed by atoms with E-state index in [1.54, 1.807) is 6.20 Å². The van der Waals surface area contributed by atoms with Crippen molar-refractivity contribution in [2.75, 3.05) is 25.0 Å². The first-order valence-electron chi connectivity index (χ1n) is 7.27. The van der Waals surface area contributed by atoms with Crippen molar-refractivity contribution in [3.8, 4) is 0 Å². The van der Waals surface area contributed by atoms with Crippen LogP contribution >= 0.6 is 0 Å². The number of rotatable bonds is 4. The summed E-state index contributed by atoms with van der Waals surface area (Å²) in [5, 5.41) is 7.14. The van der Waals surface area contributed by atoms with Crippen molar-refractivity contribution >= 4 is 11.7 Å². The first-order chi connectivity index (χ1) is 9.45. The van der Waals surface area contributed by atoms with Crippen molar-refractivity contribution in [3.05, 3.63) is 12.3 Å². The number of hydrogen-bond acceptors (Lipinski definition) is 4. The molecular formula is C14H25N5O. The molecule has 0 aliphatic carbocycles. The Morgan fingerprint density at radius 2 is 2.30 bits per heavy atom. The molecule has 112 valence electrons. The molecule has 1 saturated heterocycles. The highest BCUT2D eigenvalue weighted by Crippen LogP contribution is 2.16. The third kappa shape index (κ3) is 3.80. The fraction of sp³-hybridized carbons (Fsp3) is 0.714. The van der Waals surface area contributed by atoms with Gasteiger partial charge >= 0.3 is 0 Å². The molecule has 3 N–H and O–H groups in total. The van der Waals surface area contributed by atoms with Crippen LogP contribution in [-0.2, 0) is 4.79 Å². The van der Waals surface area contributed by atoms with Crippen LogP contribution in [0.4, 0.5) is 5.82 Å². The van der Waals surface area contributed by atoms with E-state index in [2.05, 4.69) is 22.2 Å². The minimum absolute atomic E-state index is 0.00583. The van der Waals surface area contributed by atoms with E-state index in [0.717, 1.165) is 25.3 Å². The Bertz CT molecular complexity index is 446. The zero-order valence-electron chi connectivity index (χ0n) is 12.5. The van der Waals surface area contributed by atoms with Gasteiger partial charge < -0.3 is 11.1 Å². The molecule has 2 rings (SSSR count). The summed E-state index contributed by atoms with van der Waals surface area (Å²) in [6.07, 6.45) is 2.74. The van der Waals surface area contributed by atoms with Crippen LogP contribution in [0, 0.1) is 5.92 Å². The number of hydrogen-bond donors (Lipinski definition) is 2. The Morgan fingerprint density at radius 3 is 2.95 bits per heavy atom. The van der Waals surface area contributed by atoms with Gasteiger partial charge in [-0.1, -0.05) is 6.92 Å². The predicted molar refractivity (Wildman–Crippen MR) is 79.4 cm³/mol. The van der Waals surface area contributed by atoms with Crippen LogP contribution in [0.15, 0.2) is 12.3 Å². The zero-order valence-corrected chi connectivity index (χ0v) is 12.5. The van der Waals surface area contributed by atoms with Gasteiger partial charge in [-0.15, -0.1) is 0 Å². The van der Waals surface area contributed by atoms with Gasteiger partial charge in [-0.25, -0.2) is 4.68 Å². The topological polar surface area (TPSA) is 76.2 Å². The molecular weight excluding hydrogens is 254 g/mol. The fourth-order valence-corrected chi connectivity index (χ4v) is 2.85. The summed E-state index contributed by atoms with van der Waals surface area (Å²) >= 11 is 0. The highest BCUT2D eigenvalue weighted by atomic mass is 16.2. The average Bonchev–Trinajstić information content (AvgIpc) is 2.75. The van der Waals surface area contributed by atoms with Gasteiger partial charge in [-0.05, 0) is 26.2 Å². The molecule has 0 spiro atoms. The molecule has 0 aromatic carbocycles. The third-order valence-corrected chi connectivity index (χ3v) is 3.56. The van der Waals surface area contributed by atoms with Crippen LogP contribution < -0.4 is 11.1 Å². The van der Waals surface area contributed by atoms with Gasteiger partial charge in [0.1, 0.15) is 5.82 Å². The maximum atomic E-state index is 12.1. The van der Waals surface area contributed by atoms with E-state index in [1.807, 2.05) is 24.6 Å². The molecule has 6 heteroatoms. The van der Waals surface area contributed by atoms with Crippen molar-refractivity contribution < 1.29 is 4.79 Å². The number of likely N-dealkylation sites (tertiary alicyclic amines) is 1. The number of carbonyl (C=O) groups excluding carboxylic acids is 1. The van der Waals surface area contributed by atoms with Crippen molar-refractivity contribution in [1.29, 1.82) is 0 Å². The summed E-state index contributed by atoms with van der Waals surface area (Å²) in [6, 6.07) is 2.22. The summed E-state index contributed by atoms with van der Waals surface area (Å²) in [6.45, 7) is 8.37. The summed E-state index contributed by atoms with van der Waals surface area (Å²) in [7, 11) is 0. The Kier molecular flexibility index (Phi) is 4.77. The lowest BCUT2D eigenvalue weighted by atomic mass is 9.97. The van der Waals surface area contributed by atoms with Crippen LogP contribution in [0.25, 0.3) is 0 Å². The first-order valence-corrected chi connectivity index (χ1v) is 7.27. The van der Waals surface area contributed by atoms with Gasteiger partial charge in [0, 0.05) is 31.2 Å². The van der Waals surface area contributed by atoms with E-state index in [4.69, 9.17) is 5.73 Å². The number of amides is 1. The second kappa shape index (κ2) is 6.37. The molecule has 0 bridgehead atoms. The van der Waals surface area contributed by atoms with Crippen molar-refractivity contribution in [2.24, 2.45) is 11.7 Å². The maximum Gasteiger partial charge on any atom is 0.239 e. The Hall–Kier alpha value is -1.40. The molecule has 6 nitrogen and oxygen atoms in total. The van der Waals surface area contributed by atoms with Gasteiger partial charge in [0.2, 0.25) is 5.91 Å². The van der Waals surface area contributed by atoms with Gasteiger partial charge in [-0.2, -0.15) is 5.10 Å². The quantitative estimate of drug-likeness (QED) is 0.864. The summed E-state index contributed by atoms with van der Waals surface area (Å²) in [4.78, 5) is 14.3. The highest BCUT2D eigenvalue weighted by molar-refractivity contribution is 5.91. The molecule has 1 aliphatic rings. The predicted octanol–water partition coefficient (Wildman–Crippen LogP) is 1.07. The van der Waals surface area contributed by atoms with Crippen LogP contribution in [0.5, 0.6) is 0 Å². The molecule has 2 atom stereocenters. The molecule has 1 amide bonds. The molecule has 1 aliphatic heterocycles. The molecule has 1 aromatic rings. The number of aromatic nitrogens is 2. The molecule has 1 fully saturated rings. The summed E-state index contributed by atoms with van der Waals surface area (Å²) in [5.74, 6) is 1.29. The van der Waals surface area contributed by atoms with Crippen LogP contribution in [0.3, 0.4) is 0 Å². The maximum absolute atomic E-state index is 12.1. The van der Waals surface area contributed by atoms with E-state index in [9.17, 15) is 4.79 Å². The van der Waals surface area contributed by atoms with Crippen molar-refractivity contribution in [2.45, 2.75) is 39.3 Å². The summed E-state index contributed by atoms with van der Waals surface area (Å²) < 4.78 is 1.81. The number of anilines is 1. The molecule has 0 radical (unpaired) electrons. The number of nitrogens with two attached hydrogens (primary N) is 1. The van der Waals surface area contributed by atoms with Gasteiger partial charge in [-0.3, -0.25) is 9.69 Å². The van der Waals surface area contributed by atoms with Gasteiger partial charge in [0.15, 0.2) is 0 Å². The second-order valence-corrected chi connectivity index (χ2v) is 6.10. The Labute approximate surface area is 120 Å². The Balaban J connectivity index is 1.90. The molecule has 2 heterocycles. The van der Waals surface area contributed by atoms with Crippen LogP contribution in [0.2, 0.25) is 0 Å². The third-order valence-electron chi connectivity index (χ3n) is 3.56. The Morgan fingerprint density at radius 1 is 1.55 bits per heavy atom. The largest absolute Gasteiger partial charge is 0.327 e. The minimum atomic E-state index is -0.00583. The average molecular weight is 279 g/mol. The highest BCUT2D eigenvalue weighted by Gasteiger charge is 2.23. The van der Waals surface area contributed by atoms with Crippen LogP contribution in [-0.4, -0.2) is 46.3 Å². The SMILES string of the molecule is CC1CC(N)CN(CC(=O)Nc2ccnn2C(C)C)C1. The standard InChI is InChI=1S/C14H25N5O/c1-10(2)19-13(4-5-16-19)17-14(20)9-18-7-11(3)6-12(15)8-18/h4-5,10-12H,6-9,15H2,1-3H3,(H,17,20). The second-order valence-electron chi connectivity index (χ2n) is 6.10. The zero-order chi connectivity index (χ0) is 14.7.